The Morgan fingerprint density at radius 3 is 2.23 bits per heavy atom. The average Bonchev–Trinajstić information content (AvgIpc) is 2.77. The maximum absolute atomic E-state index is 13.2. The largest absolute Gasteiger partial charge is 0.508 e. The molecule has 0 heterocycles. The number of aliphatic hydroxyl groups is 2. The van der Waals surface area contributed by atoms with Gasteiger partial charge in [0.15, 0.2) is 0 Å². The SMILES string of the molecule is COc1ccc2c(c1)C1(O)CC(C(=O)Oc3ccc(O)cc3)C2(O)c2ccccc21. The van der Waals surface area contributed by atoms with Crippen molar-refractivity contribution >= 4 is 5.97 Å². The smallest absolute Gasteiger partial charge is 0.318 e. The fourth-order valence-corrected chi connectivity index (χ4v) is 4.78. The second-order valence-electron chi connectivity index (χ2n) is 7.76. The Morgan fingerprint density at radius 1 is 0.900 bits per heavy atom. The Morgan fingerprint density at radius 2 is 1.53 bits per heavy atom. The van der Waals surface area contributed by atoms with Crippen LogP contribution in [0.1, 0.15) is 28.7 Å². The third-order valence-electron chi connectivity index (χ3n) is 6.21. The van der Waals surface area contributed by atoms with Crippen molar-refractivity contribution < 1.29 is 29.6 Å². The highest BCUT2D eigenvalue weighted by Gasteiger charge is 2.62. The molecule has 6 nitrogen and oxygen atoms in total. The van der Waals surface area contributed by atoms with E-state index in [1.165, 1.54) is 31.4 Å². The third kappa shape index (κ3) is 2.41. The fraction of sp³-hybridized carbons (Fsp3) is 0.208. The number of esters is 1. The number of aromatic hydroxyl groups is 1. The van der Waals surface area contributed by atoms with Crippen LogP contribution in [0.25, 0.3) is 0 Å². The van der Waals surface area contributed by atoms with Crippen molar-refractivity contribution in [2.45, 2.75) is 17.6 Å². The summed E-state index contributed by atoms with van der Waals surface area (Å²) in [4.78, 5) is 13.2. The van der Waals surface area contributed by atoms with Crippen molar-refractivity contribution in [2.75, 3.05) is 7.11 Å². The molecule has 3 aliphatic rings. The molecule has 3 N–H and O–H groups in total. The predicted octanol–water partition coefficient (Wildman–Crippen LogP) is 2.81. The second kappa shape index (κ2) is 6.32. The summed E-state index contributed by atoms with van der Waals surface area (Å²) in [6.45, 7) is 0. The number of phenolic OH excluding ortho intramolecular Hbond substituents is 1. The van der Waals surface area contributed by atoms with Gasteiger partial charge in [0.2, 0.25) is 0 Å². The van der Waals surface area contributed by atoms with Crippen LogP contribution in [0.2, 0.25) is 0 Å². The number of methoxy groups -OCH3 is 1. The Hall–Kier alpha value is -3.35. The van der Waals surface area contributed by atoms with Gasteiger partial charge in [-0.15, -0.1) is 0 Å². The molecule has 0 fully saturated rings. The lowest BCUT2D eigenvalue weighted by atomic mass is 9.54. The van der Waals surface area contributed by atoms with Crippen LogP contribution in [0, 0.1) is 5.92 Å². The van der Waals surface area contributed by atoms with Crippen molar-refractivity contribution in [3.8, 4) is 17.2 Å². The molecule has 0 saturated heterocycles. The van der Waals surface area contributed by atoms with E-state index in [1.54, 1.807) is 42.5 Å². The zero-order valence-electron chi connectivity index (χ0n) is 16.2. The molecule has 0 aliphatic heterocycles. The molecule has 3 aromatic rings. The van der Waals surface area contributed by atoms with Crippen molar-refractivity contribution in [3.05, 3.63) is 89.0 Å². The molecule has 2 bridgehead atoms. The Balaban J connectivity index is 1.65. The van der Waals surface area contributed by atoms with E-state index in [1.807, 2.05) is 0 Å². The molecule has 152 valence electrons. The molecule has 0 aromatic heterocycles. The minimum atomic E-state index is -1.66. The molecule has 6 heteroatoms. The molecule has 3 aromatic carbocycles. The van der Waals surface area contributed by atoms with Crippen LogP contribution in [0.3, 0.4) is 0 Å². The zero-order valence-corrected chi connectivity index (χ0v) is 16.2. The molecular formula is C24H20O6. The van der Waals surface area contributed by atoms with Gasteiger partial charge in [-0.2, -0.15) is 0 Å². The Bertz CT molecular complexity index is 1150. The lowest BCUT2D eigenvalue weighted by molar-refractivity contribution is -0.157. The Kier molecular flexibility index (Phi) is 3.93. The molecule has 3 aliphatic carbocycles. The van der Waals surface area contributed by atoms with E-state index < -0.39 is 23.1 Å². The highest BCUT2D eigenvalue weighted by atomic mass is 16.5. The molecule has 3 unspecified atom stereocenters. The van der Waals surface area contributed by atoms with E-state index in [-0.39, 0.29) is 17.9 Å². The highest BCUT2D eigenvalue weighted by molar-refractivity contribution is 5.81. The van der Waals surface area contributed by atoms with Crippen LogP contribution in [0.4, 0.5) is 0 Å². The van der Waals surface area contributed by atoms with Gasteiger partial charge in [0.25, 0.3) is 0 Å². The minimum absolute atomic E-state index is 0.0302. The van der Waals surface area contributed by atoms with Gasteiger partial charge in [-0.25, -0.2) is 0 Å². The molecule has 0 spiro atoms. The number of rotatable bonds is 3. The molecule has 0 radical (unpaired) electrons. The molecule has 30 heavy (non-hydrogen) atoms. The number of ether oxygens (including phenoxy) is 2. The number of fused-ring (bicyclic) bond motifs is 1. The normalized spacial score (nSPS) is 25.9. The van der Waals surface area contributed by atoms with Gasteiger partial charge in [0.1, 0.15) is 28.5 Å². The fourth-order valence-electron chi connectivity index (χ4n) is 4.78. The number of hydrogen-bond donors (Lipinski definition) is 3. The van der Waals surface area contributed by atoms with E-state index in [9.17, 15) is 20.1 Å². The van der Waals surface area contributed by atoms with Crippen molar-refractivity contribution in [2.24, 2.45) is 5.92 Å². The lowest BCUT2D eigenvalue weighted by Gasteiger charge is -2.53. The van der Waals surface area contributed by atoms with Gasteiger partial charge in [-0.05, 0) is 58.7 Å². The number of hydrogen-bond acceptors (Lipinski definition) is 6. The first-order valence-corrected chi connectivity index (χ1v) is 9.62. The first-order valence-electron chi connectivity index (χ1n) is 9.62. The maximum atomic E-state index is 13.2. The van der Waals surface area contributed by atoms with Crippen LogP contribution in [0.15, 0.2) is 66.7 Å². The zero-order chi connectivity index (χ0) is 21.1. The third-order valence-corrected chi connectivity index (χ3v) is 6.21. The van der Waals surface area contributed by atoms with Gasteiger partial charge in [0, 0.05) is 6.42 Å². The average molecular weight is 404 g/mol. The summed E-state index contributed by atoms with van der Waals surface area (Å²) >= 11 is 0. The maximum Gasteiger partial charge on any atom is 0.318 e. The number of carbonyl (C=O) groups is 1. The highest BCUT2D eigenvalue weighted by Crippen LogP contribution is 2.60. The van der Waals surface area contributed by atoms with Crippen LogP contribution in [-0.4, -0.2) is 28.4 Å². The number of phenols is 1. The number of carbonyl (C=O) groups excluding carboxylic acids is 1. The van der Waals surface area contributed by atoms with Crippen molar-refractivity contribution in [3.63, 3.8) is 0 Å². The standard InChI is InChI=1S/C24H20O6/c1-29-16-10-11-19-20(12-16)23(27)13-21(22(26)30-15-8-6-14(25)7-9-15)24(19,28)18-5-3-2-4-17(18)23/h2-12,21,25,27-28H,13H2,1H3. The van der Waals surface area contributed by atoms with E-state index >= 15 is 0 Å². The Labute approximate surface area is 172 Å². The second-order valence-corrected chi connectivity index (χ2v) is 7.76. The molecule has 3 atom stereocenters. The monoisotopic (exact) mass is 404 g/mol. The molecule has 0 saturated carbocycles. The van der Waals surface area contributed by atoms with Crippen LogP contribution in [-0.2, 0) is 16.0 Å². The minimum Gasteiger partial charge on any atom is -0.508 e. The van der Waals surface area contributed by atoms with Gasteiger partial charge in [0.05, 0.1) is 13.0 Å². The summed E-state index contributed by atoms with van der Waals surface area (Å²) in [6.07, 6.45) is -0.0302. The first kappa shape index (κ1) is 18.7. The quantitative estimate of drug-likeness (QED) is 0.459. The topological polar surface area (TPSA) is 96.2 Å². The summed E-state index contributed by atoms with van der Waals surface area (Å²) in [5.41, 5.74) is -1.08. The summed E-state index contributed by atoms with van der Waals surface area (Å²) in [7, 11) is 1.54. The predicted molar refractivity (Wildman–Crippen MR) is 107 cm³/mol. The number of benzene rings is 3. The molecule has 6 rings (SSSR count). The van der Waals surface area contributed by atoms with Crippen LogP contribution < -0.4 is 9.47 Å². The van der Waals surface area contributed by atoms with E-state index in [2.05, 4.69) is 0 Å². The lowest BCUT2D eigenvalue weighted by Crippen LogP contribution is -2.57. The van der Waals surface area contributed by atoms with E-state index in [4.69, 9.17) is 9.47 Å². The van der Waals surface area contributed by atoms with Crippen LogP contribution in [0.5, 0.6) is 17.2 Å². The molecule has 0 amide bonds. The van der Waals surface area contributed by atoms with E-state index in [0.717, 1.165) is 0 Å². The van der Waals surface area contributed by atoms with Crippen LogP contribution >= 0.6 is 0 Å². The van der Waals surface area contributed by atoms with Gasteiger partial charge >= 0.3 is 5.97 Å². The van der Waals surface area contributed by atoms with Crippen molar-refractivity contribution in [1.29, 1.82) is 0 Å². The summed E-state index contributed by atoms with van der Waals surface area (Å²) in [5.74, 6) is -0.821. The summed E-state index contributed by atoms with van der Waals surface area (Å²) in [6, 6.07) is 17.9. The summed E-state index contributed by atoms with van der Waals surface area (Å²) < 4.78 is 10.8. The van der Waals surface area contributed by atoms with Crippen molar-refractivity contribution in [1.82, 2.24) is 0 Å². The van der Waals surface area contributed by atoms with E-state index in [0.29, 0.717) is 28.0 Å². The van der Waals surface area contributed by atoms with Gasteiger partial charge in [-0.1, -0.05) is 30.3 Å². The van der Waals surface area contributed by atoms with Gasteiger partial charge in [-0.3, -0.25) is 4.79 Å². The first-order chi connectivity index (χ1) is 14.4. The van der Waals surface area contributed by atoms with Gasteiger partial charge < -0.3 is 24.8 Å². The molecular weight excluding hydrogens is 384 g/mol. The summed E-state index contributed by atoms with van der Waals surface area (Å²) in [5, 5.41) is 33.2.